The van der Waals surface area contributed by atoms with Crippen LogP contribution in [0.1, 0.15) is 45.4 Å². The Morgan fingerprint density at radius 1 is 1.18 bits per heavy atom. The van der Waals surface area contributed by atoms with E-state index in [0.717, 1.165) is 58.5 Å². The highest BCUT2D eigenvalue weighted by Crippen LogP contribution is 2.08. The maximum atomic E-state index is 11.7. The van der Waals surface area contributed by atoms with Gasteiger partial charge in [0.15, 0.2) is 0 Å². The van der Waals surface area contributed by atoms with E-state index in [9.17, 15) is 4.79 Å². The molecule has 4 nitrogen and oxygen atoms in total. The van der Waals surface area contributed by atoms with E-state index >= 15 is 0 Å². The summed E-state index contributed by atoms with van der Waals surface area (Å²) in [6, 6.07) is 0.0956. The zero-order valence-corrected chi connectivity index (χ0v) is 11.0. The third kappa shape index (κ3) is 6.51. The molecule has 0 atom stereocenters. The van der Waals surface area contributed by atoms with Gasteiger partial charge in [-0.3, -0.25) is 0 Å². The third-order valence-electron chi connectivity index (χ3n) is 3.03. The van der Waals surface area contributed by atoms with Crippen LogP contribution in [0.2, 0.25) is 0 Å². The van der Waals surface area contributed by atoms with Gasteiger partial charge in [-0.15, -0.1) is 0 Å². The quantitative estimate of drug-likeness (QED) is 0.696. The molecule has 1 aliphatic rings. The van der Waals surface area contributed by atoms with Crippen LogP contribution < -0.4 is 5.32 Å². The van der Waals surface area contributed by atoms with Crippen molar-refractivity contribution in [2.75, 3.05) is 32.8 Å². The van der Waals surface area contributed by atoms with E-state index in [1.54, 1.807) is 0 Å². The number of nitrogens with one attached hydrogen (secondary N) is 1. The molecular formula is C13H26N2O2. The Hall–Kier alpha value is -0.770. The molecule has 1 rings (SSSR count). The normalized spacial score (nSPS) is 15.9. The summed E-state index contributed by atoms with van der Waals surface area (Å²) in [6.07, 6.45) is 6.76. The van der Waals surface area contributed by atoms with Crippen LogP contribution in [-0.2, 0) is 4.74 Å². The molecule has 0 aromatic carbocycles. The van der Waals surface area contributed by atoms with Crippen molar-refractivity contribution in [1.82, 2.24) is 10.2 Å². The van der Waals surface area contributed by atoms with Gasteiger partial charge in [-0.05, 0) is 32.1 Å². The van der Waals surface area contributed by atoms with E-state index in [1.165, 1.54) is 12.8 Å². The van der Waals surface area contributed by atoms with Gasteiger partial charge in [0, 0.05) is 32.8 Å². The molecular weight excluding hydrogens is 216 g/mol. The molecule has 100 valence electrons. The summed E-state index contributed by atoms with van der Waals surface area (Å²) in [4.78, 5) is 13.6. The summed E-state index contributed by atoms with van der Waals surface area (Å²) < 4.78 is 5.44. The van der Waals surface area contributed by atoms with Crippen LogP contribution in [0.4, 0.5) is 4.79 Å². The van der Waals surface area contributed by atoms with Crippen LogP contribution >= 0.6 is 0 Å². The second-order valence-electron chi connectivity index (χ2n) is 4.60. The average Bonchev–Trinajstić information content (AvgIpc) is 2.38. The molecule has 0 aliphatic carbocycles. The molecule has 0 radical (unpaired) electrons. The van der Waals surface area contributed by atoms with Crippen molar-refractivity contribution in [3.05, 3.63) is 0 Å². The van der Waals surface area contributed by atoms with Gasteiger partial charge in [-0.1, -0.05) is 13.3 Å². The van der Waals surface area contributed by atoms with Crippen molar-refractivity contribution in [1.29, 1.82) is 0 Å². The molecule has 0 aromatic rings. The summed E-state index contributed by atoms with van der Waals surface area (Å²) in [7, 11) is 0. The number of urea groups is 1. The van der Waals surface area contributed by atoms with Gasteiger partial charge in [0.2, 0.25) is 0 Å². The van der Waals surface area contributed by atoms with Gasteiger partial charge in [-0.25, -0.2) is 4.79 Å². The van der Waals surface area contributed by atoms with Gasteiger partial charge in [0.25, 0.3) is 0 Å². The molecule has 0 spiro atoms. The number of nitrogens with zero attached hydrogens (tertiary/aromatic N) is 1. The molecule has 0 saturated carbocycles. The fourth-order valence-electron chi connectivity index (χ4n) is 1.93. The van der Waals surface area contributed by atoms with E-state index in [2.05, 4.69) is 12.2 Å². The summed E-state index contributed by atoms with van der Waals surface area (Å²) in [5, 5.41) is 2.95. The minimum Gasteiger partial charge on any atom is -0.381 e. The highest BCUT2D eigenvalue weighted by molar-refractivity contribution is 5.74. The predicted octanol–water partition coefficient (Wildman–Crippen LogP) is 2.39. The number of hydrogen-bond donors (Lipinski definition) is 1. The van der Waals surface area contributed by atoms with Crippen molar-refractivity contribution < 1.29 is 9.53 Å². The van der Waals surface area contributed by atoms with E-state index in [0.29, 0.717) is 0 Å². The van der Waals surface area contributed by atoms with Crippen LogP contribution in [0.15, 0.2) is 0 Å². The number of hydrogen-bond acceptors (Lipinski definition) is 2. The van der Waals surface area contributed by atoms with Crippen LogP contribution in [0.25, 0.3) is 0 Å². The Labute approximate surface area is 105 Å². The SMILES string of the molecule is CCCCOCCCNC(=O)N1CCCCC1. The maximum Gasteiger partial charge on any atom is 0.317 e. The molecule has 0 unspecified atom stereocenters. The number of amides is 2. The number of piperidine rings is 1. The fraction of sp³-hybridized carbons (Fsp3) is 0.923. The Bertz CT molecular complexity index is 204. The largest absolute Gasteiger partial charge is 0.381 e. The topological polar surface area (TPSA) is 41.6 Å². The van der Waals surface area contributed by atoms with Crippen LogP contribution in [0.5, 0.6) is 0 Å². The molecule has 2 amide bonds. The lowest BCUT2D eigenvalue weighted by Gasteiger charge is -2.26. The first-order valence-corrected chi connectivity index (χ1v) is 6.95. The minimum atomic E-state index is 0.0956. The van der Waals surface area contributed by atoms with Gasteiger partial charge in [-0.2, -0.15) is 0 Å². The summed E-state index contributed by atoms with van der Waals surface area (Å²) >= 11 is 0. The monoisotopic (exact) mass is 242 g/mol. The van der Waals surface area contributed by atoms with Crippen LogP contribution in [-0.4, -0.2) is 43.8 Å². The van der Waals surface area contributed by atoms with Crippen molar-refractivity contribution in [3.8, 4) is 0 Å². The highest BCUT2D eigenvalue weighted by atomic mass is 16.5. The number of carbonyl (C=O) groups is 1. The van der Waals surface area contributed by atoms with E-state index in [4.69, 9.17) is 4.74 Å². The lowest BCUT2D eigenvalue weighted by Crippen LogP contribution is -2.43. The smallest absolute Gasteiger partial charge is 0.317 e. The van der Waals surface area contributed by atoms with Gasteiger partial charge >= 0.3 is 6.03 Å². The number of likely N-dealkylation sites (tertiary alicyclic amines) is 1. The second-order valence-corrected chi connectivity index (χ2v) is 4.60. The van der Waals surface area contributed by atoms with Crippen molar-refractivity contribution in [2.45, 2.75) is 45.4 Å². The van der Waals surface area contributed by atoms with E-state index < -0.39 is 0 Å². The number of unbranched alkanes of at least 4 members (excludes halogenated alkanes) is 1. The lowest BCUT2D eigenvalue weighted by atomic mass is 10.1. The zero-order chi connectivity index (χ0) is 12.3. The molecule has 1 N–H and O–H groups in total. The summed E-state index contributed by atoms with van der Waals surface area (Å²) in [6.45, 7) is 6.30. The van der Waals surface area contributed by atoms with Gasteiger partial charge in [0.1, 0.15) is 0 Å². The highest BCUT2D eigenvalue weighted by Gasteiger charge is 2.15. The van der Waals surface area contributed by atoms with Crippen molar-refractivity contribution in [3.63, 3.8) is 0 Å². The Balaban J connectivity index is 1.92. The molecule has 1 aliphatic heterocycles. The second kappa shape index (κ2) is 9.28. The minimum absolute atomic E-state index is 0.0956. The predicted molar refractivity (Wildman–Crippen MR) is 69.2 cm³/mol. The zero-order valence-electron chi connectivity index (χ0n) is 11.0. The van der Waals surface area contributed by atoms with Gasteiger partial charge in [0.05, 0.1) is 0 Å². The fourth-order valence-corrected chi connectivity index (χ4v) is 1.93. The first-order valence-electron chi connectivity index (χ1n) is 6.95. The Kier molecular flexibility index (Phi) is 7.80. The average molecular weight is 242 g/mol. The van der Waals surface area contributed by atoms with E-state index in [-0.39, 0.29) is 6.03 Å². The molecule has 0 aromatic heterocycles. The van der Waals surface area contributed by atoms with E-state index in [1.807, 2.05) is 4.90 Å². The molecule has 1 saturated heterocycles. The third-order valence-corrected chi connectivity index (χ3v) is 3.03. The maximum absolute atomic E-state index is 11.7. The first-order chi connectivity index (χ1) is 8.34. The Morgan fingerprint density at radius 3 is 2.59 bits per heavy atom. The van der Waals surface area contributed by atoms with Crippen molar-refractivity contribution >= 4 is 6.03 Å². The standard InChI is InChI=1S/C13H26N2O2/c1-2-3-11-17-12-7-8-14-13(16)15-9-5-4-6-10-15/h2-12H2,1H3,(H,14,16). The molecule has 1 heterocycles. The molecule has 17 heavy (non-hydrogen) atoms. The number of carbonyl (C=O) groups excluding carboxylic acids is 1. The summed E-state index contributed by atoms with van der Waals surface area (Å²) in [5.41, 5.74) is 0. The van der Waals surface area contributed by atoms with Crippen molar-refractivity contribution in [2.24, 2.45) is 0 Å². The van der Waals surface area contributed by atoms with Crippen LogP contribution in [0.3, 0.4) is 0 Å². The number of ether oxygens (including phenoxy) is 1. The molecule has 0 bridgehead atoms. The molecule has 1 fully saturated rings. The molecule has 4 heteroatoms. The van der Waals surface area contributed by atoms with Gasteiger partial charge < -0.3 is 15.0 Å². The Morgan fingerprint density at radius 2 is 1.88 bits per heavy atom. The lowest BCUT2D eigenvalue weighted by molar-refractivity contribution is 0.128. The first kappa shape index (κ1) is 14.3. The van der Waals surface area contributed by atoms with Crippen LogP contribution in [0, 0.1) is 0 Å². The summed E-state index contributed by atoms with van der Waals surface area (Å²) in [5.74, 6) is 0. The number of rotatable bonds is 7.